The first-order valence-electron chi connectivity index (χ1n) is 5.09. The molecule has 1 amide bonds. The highest BCUT2D eigenvalue weighted by atomic mass is 16.5. The van der Waals surface area contributed by atoms with Gasteiger partial charge in [0.2, 0.25) is 0 Å². The number of hydrogen-bond donors (Lipinski definition) is 2. The summed E-state index contributed by atoms with van der Waals surface area (Å²) in [4.78, 5) is 11.9. The van der Waals surface area contributed by atoms with E-state index >= 15 is 0 Å². The molecule has 1 aromatic carbocycles. The molecule has 3 N–H and O–H groups in total. The van der Waals surface area contributed by atoms with Crippen molar-refractivity contribution in [1.82, 2.24) is 5.32 Å². The molecule has 0 aliphatic heterocycles. The van der Waals surface area contributed by atoms with Crippen LogP contribution in [0.5, 0.6) is 5.75 Å². The van der Waals surface area contributed by atoms with Gasteiger partial charge in [-0.2, -0.15) is 0 Å². The molecular formula is C12H18N2O2. The monoisotopic (exact) mass is 222 g/mol. The lowest BCUT2D eigenvalue weighted by molar-refractivity contribution is 0.0920. The van der Waals surface area contributed by atoms with E-state index in [-0.39, 0.29) is 11.4 Å². The lowest BCUT2D eigenvalue weighted by Crippen LogP contribution is -2.40. The second kappa shape index (κ2) is 4.43. The highest BCUT2D eigenvalue weighted by Gasteiger charge is 2.17. The Morgan fingerprint density at radius 2 is 2.00 bits per heavy atom. The zero-order valence-corrected chi connectivity index (χ0v) is 10.1. The maximum absolute atomic E-state index is 11.9. The third-order valence-electron chi connectivity index (χ3n) is 1.99. The Kier molecular flexibility index (Phi) is 3.42. The van der Waals surface area contributed by atoms with Crippen LogP contribution in [0, 0.1) is 0 Å². The third kappa shape index (κ3) is 3.15. The molecule has 0 heterocycles. The maximum atomic E-state index is 11.9. The van der Waals surface area contributed by atoms with Crippen molar-refractivity contribution in [1.29, 1.82) is 0 Å². The van der Waals surface area contributed by atoms with Gasteiger partial charge in [-0.25, -0.2) is 0 Å². The van der Waals surface area contributed by atoms with Crippen LogP contribution in [0.25, 0.3) is 0 Å². The summed E-state index contributed by atoms with van der Waals surface area (Å²) in [7, 11) is 1.55. The van der Waals surface area contributed by atoms with E-state index in [1.807, 2.05) is 20.8 Å². The summed E-state index contributed by atoms with van der Waals surface area (Å²) in [6.45, 7) is 5.75. The number of amides is 1. The predicted octanol–water partition coefficient (Wildman–Crippen LogP) is 1.81. The van der Waals surface area contributed by atoms with Crippen LogP contribution in [0.4, 0.5) is 5.69 Å². The van der Waals surface area contributed by atoms with Crippen molar-refractivity contribution < 1.29 is 9.53 Å². The molecule has 0 aliphatic carbocycles. The number of nitrogen functional groups attached to an aromatic ring is 1. The summed E-state index contributed by atoms with van der Waals surface area (Å²) in [6, 6.07) is 5.02. The molecular weight excluding hydrogens is 204 g/mol. The van der Waals surface area contributed by atoms with Crippen LogP contribution >= 0.6 is 0 Å². The van der Waals surface area contributed by atoms with Gasteiger partial charge in [0, 0.05) is 11.2 Å². The molecule has 0 saturated heterocycles. The predicted molar refractivity (Wildman–Crippen MR) is 64.6 cm³/mol. The van der Waals surface area contributed by atoms with Gasteiger partial charge in [-0.05, 0) is 39.0 Å². The van der Waals surface area contributed by atoms with Crippen LogP contribution in [0.1, 0.15) is 31.1 Å². The van der Waals surface area contributed by atoms with E-state index in [0.717, 1.165) is 0 Å². The van der Waals surface area contributed by atoms with E-state index in [9.17, 15) is 4.79 Å². The minimum absolute atomic E-state index is 0.191. The number of benzene rings is 1. The van der Waals surface area contributed by atoms with Crippen LogP contribution < -0.4 is 15.8 Å². The van der Waals surface area contributed by atoms with Crippen LogP contribution in [0.15, 0.2) is 18.2 Å². The number of anilines is 1. The molecule has 0 radical (unpaired) electrons. The normalized spacial score (nSPS) is 11.0. The zero-order chi connectivity index (χ0) is 12.3. The first-order chi connectivity index (χ1) is 7.33. The van der Waals surface area contributed by atoms with E-state index in [4.69, 9.17) is 10.5 Å². The lowest BCUT2D eigenvalue weighted by Gasteiger charge is -2.21. The van der Waals surface area contributed by atoms with Crippen LogP contribution in [0.3, 0.4) is 0 Å². The number of rotatable bonds is 2. The Morgan fingerprint density at radius 3 is 2.50 bits per heavy atom. The fourth-order valence-corrected chi connectivity index (χ4v) is 1.27. The molecule has 0 aliphatic rings. The van der Waals surface area contributed by atoms with Gasteiger partial charge in [0.15, 0.2) is 0 Å². The van der Waals surface area contributed by atoms with Gasteiger partial charge in [-0.3, -0.25) is 4.79 Å². The van der Waals surface area contributed by atoms with Crippen LogP contribution in [-0.2, 0) is 0 Å². The highest BCUT2D eigenvalue weighted by molar-refractivity contribution is 5.99. The maximum Gasteiger partial charge on any atom is 0.253 e. The van der Waals surface area contributed by atoms with E-state index in [2.05, 4.69) is 5.32 Å². The molecule has 1 rings (SSSR count). The molecule has 4 nitrogen and oxygen atoms in total. The van der Waals surface area contributed by atoms with Crippen molar-refractivity contribution in [2.75, 3.05) is 12.8 Å². The smallest absolute Gasteiger partial charge is 0.253 e. The molecule has 0 bridgehead atoms. The second-order valence-electron chi connectivity index (χ2n) is 4.66. The largest absolute Gasteiger partial charge is 0.497 e. The number of hydrogen-bond acceptors (Lipinski definition) is 3. The topological polar surface area (TPSA) is 64.3 Å². The summed E-state index contributed by atoms with van der Waals surface area (Å²) in [6.07, 6.45) is 0. The number of ether oxygens (including phenoxy) is 1. The van der Waals surface area contributed by atoms with Gasteiger partial charge < -0.3 is 15.8 Å². The molecule has 0 aromatic heterocycles. The standard InChI is InChI=1S/C12H18N2O2/c1-12(2,3)14-11(15)9-7-8(16-4)5-6-10(9)13/h5-7H,13H2,1-4H3,(H,14,15). The molecule has 0 saturated carbocycles. The molecule has 0 atom stereocenters. The van der Waals surface area contributed by atoms with Crippen LogP contribution in [-0.4, -0.2) is 18.6 Å². The molecule has 0 spiro atoms. The van der Waals surface area contributed by atoms with Gasteiger partial charge in [0.1, 0.15) is 5.75 Å². The number of methoxy groups -OCH3 is 1. The molecule has 0 unspecified atom stereocenters. The van der Waals surface area contributed by atoms with Crippen LogP contribution in [0.2, 0.25) is 0 Å². The first-order valence-corrected chi connectivity index (χ1v) is 5.09. The van der Waals surface area contributed by atoms with Gasteiger partial charge in [-0.15, -0.1) is 0 Å². The van der Waals surface area contributed by atoms with Crippen molar-refractivity contribution in [2.45, 2.75) is 26.3 Å². The Labute approximate surface area is 95.8 Å². The first kappa shape index (κ1) is 12.4. The summed E-state index contributed by atoms with van der Waals surface area (Å²) < 4.78 is 5.05. The highest BCUT2D eigenvalue weighted by Crippen LogP contribution is 2.19. The molecule has 16 heavy (non-hydrogen) atoms. The number of carbonyl (C=O) groups excluding carboxylic acids is 1. The zero-order valence-electron chi connectivity index (χ0n) is 10.1. The fourth-order valence-electron chi connectivity index (χ4n) is 1.27. The van der Waals surface area contributed by atoms with E-state index < -0.39 is 0 Å². The van der Waals surface area contributed by atoms with Gasteiger partial charge in [0.25, 0.3) is 5.91 Å². The Bertz CT molecular complexity index is 394. The molecule has 88 valence electrons. The quantitative estimate of drug-likeness (QED) is 0.750. The Morgan fingerprint density at radius 1 is 1.38 bits per heavy atom. The van der Waals surface area contributed by atoms with E-state index in [0.29, 0.717) is 17.0 Å². The van der Waals surface area contributed by atoms with E-state index in [1.54, 1.807) is 25.3 Å². The number of nitrogens with two attached hydrogens (primary N) is 1. The molecule has 0 fully saturated rings. The molecule has 1 aromatic rings. The second-order valence-corrected chi connectivity index (χ2v) is 4.66. The fraction of sp³-hybridized carbons (Fsp3) is 0.417. The number of carbonyl (C=O) groups is 1. The van der Waals surface area contributed by atoms with Crippen molar-refractivity contribution >= 4 is 11.6 Å². The van der Waals surface area contributed by atoms with Crippen molar-refractivity contribution in [3.8, 4) is 5.75 Å². The SMILES string of the molecule is COc1ccc(N)c(C(=O)NC(C)(C)C)c1. The summed E-state index contributed by atoms with van der Waals surface area (Å²) >= 11 is 0. The Balaban J connectivity index is 2.98. The van der Waals surface area contributed by atoms with Crippen molar-refractivity contribution in [3.63, 3.8) is 0 Å². The number of nitrogens with one attached hydrogen (secondary N) is 1. The minimum atomic E-state index is -0.285. The summed E-state index contributed by atoms with van der Waals surface area (Å²) in [5, 5.41) is 2.85. The third-order valence-corrected chi connectivity index (χ3v) is 1.99. The summed E-state index contributed by atoms with van der Waals surface area (Å²) in [5.74, 6) is 0.428. The molecule has 4 heteroatoms. The van der Waals surface area contributed by atoms with E-state index in [1.165, 1.54) is 0 Å². The average Bonchev–Trinajstić information content (AvgIpc) is 2.15. The van der Waals surface area contributed by atoms with Crippen molar-refractivity contribution in [3.05, 3.63) is 23.8 Å². The minimum Gasteiger partial charge on any atom is -0.497 e. The van der Waals surface area contributed by atoms with Gasteiger partial charge in [-0.1, -0.05) is 0 Å². The van der Waals surface area contributed by atoms with Crippen molar-refractivity contribution in [2.24, 2.45) is 0 Å². The lowest BCUT2D eigenvalue weighted by atomic mass is 10.1. The van der Waals surface area contributed by atoms with Gasteiger partial charge >= 0.3 is 0 Å². The van der Waals surface area contributed by atoms with Gasteiger partial charge in [0.05, 0.1) is 12.7 Å². The average molecular weight is 222 g/mol. The summed E-state index contributed by atoms with van der Waals surface area (Å²) in [5.41, 5.74) is 6.35. The Hall–Kier alpha value is -1.71.